The van der Waals surface area contributed by atoms with E-state index in [0.29, 0.717) is 27.3 Å². The summed E-state index contributed by atoms with van der Waals surface area (Å²) in [6.45, 7) is 1.38. The van der Waals surface area contributed by atoms with Gasteiger partial charge in [0.15, 0.2) is 5.69 Å². The van der Waals surface area contributed by atoms with E-state index in [2.05, 4.69) is 30.8 Å². The highest BCUT2D eigenvalue weighted by molar-refractivity contribution is 6.31. The van der Waals surface area contributed by atoms with Crippen LogP contribution in [0.25, 0.3) is 11.0 Å². The first-order valence-corrected chi connectivity index (χ1v) is 10.7. The number of carbonyl (C=O) groups excluding carboxylic acids is 2. The average Bonchev–Trinajstić information content (AvgIpc) is 2.84. The molecule has 0 radical (unpaired) electrons. The van der Waals surface area contributed by atoms with Crippen LogP contribution in [0.2, 0.25) is 5.02 Å². The number of rotatable bonds is 6. The van der Waals surface area contributed by atoms with Gasteiger partial charge in [-0.3, -0.25) is 19.4 Å². The van der Waals surface area contributed by atoms with Gasteiger partial charge >= 0.3 is 0 Å². The van der Waals surface area contributed by atoms with Crippen molar-refractivity contribution in [3.05, 3.63) is 99.2 Å². The number of aromatic nitrogens is 3. The van der Waals surface area contributed by atoms with E-state index in [1.165, 1.54) is 31.5 Å². The van der Waals surface area contributed by atoms with Crippen LogP contribution in [0.5, 0.6) is 0 Å². The summed E-state index contributed by atoms with van der Waals surface area (Å²) < 4.78 is 0. The lowest BCUT2D eigenvalue weighted by molar-refractivity contribution is -0.114. The molecule has 0 fully saturated rings. The molecule has 176 valence electrons. The average molecular weight is 491 g/mol. The molecule has 1 atom stereocenters. The molecular formula is C24H19ClN6O4. The van der Waals surface area contributed by atoms with Gasteiger partial charge in [0.1, 0.15) is 11.8 Å². The predicted octanol–water partition coefficient (Wildman–Crippen LogP) is 2.80. The smallest absolute Gasteiger partial charge is 0.276 e. The number of fused-ring (bicyclic) bond motifs is 1. The monoisotopic (exact) mass is 490 g/mol. The van der Waals surface area contributed by atoms with E-state index in [9.17, 15) is 19.5 Å². The zero-order valence-electron chi connectivity index (χ0n) is 18.3. The van der Waals surface area contributed by atoms with E-state index in [0.717, 1.165) is 0 Å². The van der Waals surface area contributed by atoms with E-state index >= 15 is 0 Å². The molecule has 0 aliphatic rings. The highest BCUT2D eigenvalue weighted by Gasteiger charge is 2.23. The fourth-order valence-corrected chi connectivity index (χ4v) is 3.44. The summed E-state index contributed by atoms with van der Waals surface area (Å²) in [5, 5.41) is 18.3. The molecule has 4 N–H and O–H groups in total. The van der Waals surface area contributed by atoms with Crippen LogP contribution in [0.4, 0.5) is 5.69 Å². The molecule has 0 spiro atoms. The number of amides is 2. The predicted molar refractivity (Wildman–Crippen MR) is 131 cm³/mol. The summed E-state index contributed by atoms with van der Waals surface area (Å²) in [5.41, 5.74) is 3.33. The zero-order valence-corrected chi connectivity index (χ0v) is 19.1. The standard InChI is InChI=1S/C24H19ClN6O4/c1-13(32)27-17-5-2-14(3-6-17)22(33)20(30-31-23(34)15-8-10-26-11-9-15)21-24(35)29-19-12-16(25)4-7-18(19)28-21/h2-12,22,33H,1H3,(H,27,32)(H,29,35)(H,31,34)/b30-20+/t22-/m0/s1. The number of aliphatic hydroxyl groups excluding tert-OH is 1. The van der Waals surface area contributed by atoms with Gasteiger partial charge in [0.25, 0.3) is 11.5 Å². The number of aliphatic hydroxyl groups is 1. The Morgan fingerprint density at radius 2 is 1.80 bits per heavy atom. The van der Waals surface area contributed by atoms with Crippen LogP contribution in [-0.2, 0) is 4.79 Å². The number of hydrogen-bond acceptors (Lipinski definition) is 7. The molecular weight excluding hydrogens is 472 g/mol. The molecule has 4 rings (SSSR count). The summed E-state index contributed by atoms with van der Waals surface area (Å²) in [6.07, 6.45) is 1.47. The number of aromatic amines is 1. The number of nitrogens with zero attached hydrogens (tertiary/aromatic N) is 3. The Hall–Kier alpha value is -4.41. The van der Waals surface area contributed by atoms with Gasteiger partial charge in [-0.1, -0.05) is 23.7 Å². The largest absolute Gasteiger partial charge is 0.382 e. The molecule has 10 nitrogen and oxygen atoms in total. The van der Waals surface area contributed by atoms with Crippen LogP contribution < -0.4 is 16.3 Å². The molecule has 2 aromatic heterocycles. The Morgan fingerprint density at radius 1 is 1.09 bits per heavy atom. The highest BCUT2D eigenvalue weighted by Crippen LogP contribution is 2.21. The maximum absolute atomic E-state index is 12.9. The zero-order chi connectivity index (χ0) is 24.9. The van der Waals surface area contributed by atoms with Crippen molar-refractivity contribution in [1.29, 1.82) is 0 Å². The minimum absolute atomic E-state index is 0.183. The molecule has 0 aliphatic carbocycles. The number of nitrogens with one attached hydrogen (secondary N) is 3. The summed E-state index contributed by atoms with van der Waals surface area (Å²) >= 11 is 6.00. The van der Waals surface area contributed by atoms with E-state index in [1.807, 2.05) is 0 Å². The molecule has 0 saturated heterocycles. The van der Waals surface area contributed by atoms with Crippen molar-refractivity contribution in [3.8, 4) is 0 Å². The van der Waals surface area contributed by atoms with E-state index < -0.39 is 17.6 Å². The van der Waals surface area contributed by atoms with E-state index in [-0.39, 0.29) is 22.9 Å². The van der Waals surface area contributed by atoms with Crippen LogP contribution in [0.1, 0.15) is 34.6 Å². The third-order valence-corrected chi connectivity index (χ3v) is 5.16. The second kappa shape index (κ2) is 10.2. The minimum Gasteiger partial charge on any atom is -0.382 e. The molecule has 0 bridgehead atoms. The number of hydrazone groups is 1. The van der Waals surface area contributed by atoms with Crippen LogP contribution in [-0.4, -0.2) is 37.6 Å². The number of pyridine rings is 1. The molecule has 4 aromatic rings. The van der Waals surface area contributed by atoms with Crippen molar-refractivity contribution in [1.82, 2.24) is 20.4 Å². The lowest BCUT2D eigenvalue weighted by atomic mass is 10.0. The van der Waals surface area contributed by atoms with Gasteiger partial charge in [-0.15, -0.1) is 0 Å². The van der Waals surface area contributed by atoms with Crippen molar-refractivity contribution in [2.24, 2.45) is 5.10 Å². The first-order chi connectivity index (χ1) is 16.8. The van der Waals surface area contributed by atoms with Gasteiger partial charge < -0.3 is 15.4 Å². The summed E-state index contributed by atoms with van der Waals surface area (Å²) in [5.74, 6) is -0.812. The molecule has 11 heteroatoms. The first kappa shape index (κ1) is 23.7. The Bertz CT molecular complexity index is 1490. The van der Waals surface area contributed by atoms with Gasteiger partial charge in [0.05, 0.1) is 11.0 Å². The number of anilines is 1. The summed E-state index contributed by atoms with van der Waals surface area (Å²) in [7, 11) is 0. The van der Waals surface area contributed by atoms with E-state index in [1.54, 1.807) is 42.5 Å². The van der Waals surface area contributed by atoms with Crippen molar-refractivity contribution < 1.29 is 14.7 Å². The van der Waals surface area contributed by atoms with Crippen molar-refractivity contribution in [3.63, 3.8) is 0 Å². The van der Waals surface area contributed by atoms with Crippen molar-refractivity contribution in [2.45, 2.75) is 13.0 Å². The Balaban J connectivity index is 1.76. The lowest BCUT2D eigenvalue weighted by Gasteiger charge is -2.15. The van der Waals surface area contributed by atoms with Gasteiger partial charge in [-0.2, -0.15) is 5.10 Å². The molecule has 2 aromatic carbocycles. The Labute approximate surface area is 203 Å². The fraction of sp³-hybridized carbons (Fsp3) is 0.0833. The molecule has 0 saturated carbocycles. The van der Waals surface area contributed by atoms with Gasteiger partial charge in [0, 0.05) is 35.6 Å². The number of carbonyl (C=O) groups is 2. The molecule has 0 aliphatic heterocycles. The molecule has 2 heterocycles. The fourth-order valence-electron chi connectivity index (χ4n) is 3.26. The summed E-state index contributed by atoms with van der Waals surface area (Å²) in [4.78, 5) is 47.6. The van der Waals surface area contributed by atoms with Crippen molar-refractivity contribution in [2.75, 3.05) is 5.32 Å². The van der Waals surface area contributed by atoms with Gasteiger partial charge in [-0.05, 0) is 48.0 Å². The van der Waals surface area contributed by atoms with E-state index in [4.69, 9.17) is 11.6 Å². The van der Waals surface area contributed by atoms with Crippen LogP contribution in [0.3, 0.4) is 0 Å². The number of H-pyrrole nitrogens is 1. The SMILES string of the molecule is CC(=O)Nc1ccc([C@H](O)/C(=N/NC(=O)c2ccncc2)c2nc3ccc(Cl)cc3[nH]c2=O)cc1. The third-order valence-electron chi connectivity index (χ3n) is 4.92. The number of halogens is 1. The lowest BCUT2D eigenvalue weighted by Crippen LogP contribution is -2.29. The normalized spacial score (nSPS) is 12.3. The van der Waals surface area contributed by atoms with Gasteiger partial charge in [-0.25, -0.2) is 10.4 Å². The Kier molecular flexibility index (Phi) is 6.95. The topological polar surface area (TPSA) is 149 Å². The van der Waals surface area contributed by atoms with Crippen LogP contribution in [0.15, 0.2) is 76.9 Å². The maximum Gasteiger partial charge on any atom is 0.276 e. The number of hydrogen-bond donors (Lipinski definition) is 4. The molecule has 2 amide bonds. The molecule has 35 heavy (non-hydrogen) atoms. The highest BCUT2D eigenvalue weighted by atomic mass is 35.5. The summed E-state index contributed by atoms with van der Waals surface area (Å²) in [6, 6.07) is 14.1. The van der Waals surface area contributed by atoms with Gasteiger partial charge in [0.2, 0.25) is 5.91 Å². The third kappa shape index (κ3) is 5.57. The minimum atomic E-state index is -1.43. The van der Waals surface area contributed by atoms with Crippen LogP contribution in [0, 0.1) is 0 Å². The molecule has 0 unspecified atom stereocenters. The second-order valence-corrected chi connectivity index (χ2v) is 7.89. The quantitative estimate of drug-likeness (QED) is 0.241. The number of benzene rings is 2. The first-order valence-electron chi connectivity index (χ1n) is 10.4. The maximum atomic E-state index is 12.9. The Morgan fingerprint density at radius 3 is 2.49 bits per heavy atom. The van der Waals surface area contributed by atoms with Crippen LogP contribution >= 0.6 is 11.6 Å². The van der Waals surface area contributed by atoms with Crippen molar-refractivity contribution >= 4 is 45.8 Å². The second-order valence-electron chi connectivity index (χ2n) is 7.46.